The molecule has 0 amide bonds. The Morgan fingerprint density at radius 1 is 0.938 bits per heavy atom. The van der Waals surface area contributed by atoms with Crippen LogP contribution in [0.2, 0.25) is 0 Å². The minimum Gasteiger partial charge on any atom is -0.875 e. The quantitative estimate of drug-likeness (QED) is 0.671. The van der Waals surface area contributed by atoms with Gasteiger partial charge in [0.05, 0.1) is 0 Å². The third-order valence-electron chi connectivity index (χ3n) is 7.41. The first-order valence-corrected chi connectivity index (χ1v) is 11.4. The van der Waals surface area contributed by atoms with Crippen LogP contribution in [0.5, 0.6) is 0 Å². The van der Waals surface area contributed by atoms with Crippen molar-refractivity contribution in [1.29, 1.82) is 0 Å². The smallest absolute Gasteiger partial charge is 0.875 e. The summed E-state index contributed by atoms with van der Waals surface area (Å²) in [6.07, 6.45) is 3.98. The number of ketones is 1. The maximum Gasteiger partial charge on any atom is 1.00 e. The molecule has 0 unspecified atom stereocenters. The fourth-order valence-electron chi connectivity index (χ4n) is 5.18. The molecule has 2 aromatic rings. The molecule has 162 valence electrons. The fraction of sp³-hybridized carbons (Fsp3) is 0.414. The maximum atomic E-state index is 12.3. The Morgan fingerprint density at radius 2 is 1.50 bits per heavy atom. The Kier molecular flexibility index (Phi) is 7.49. The van der Waals surface area contributed by atoms with Crippen LogP contribution < -0.4 is 56.5 Å². The number of Topliss-reactive ketones (excluding diaryl/α,β-unsaturated/α-hetero) is 1. The van der Waals surface area contributed by atoms with Gasteiger partial charge >= 0.3 is 51.4 Å². The molecule has 4 rings (SSSR count). The summed E-state index contributed by atoms with van der Waals surface area (Å²) in [5, 5.41) is 12.3. The standard InChI is InChI=1S/C29H34O2.K/c1-18-16-23-24(29(5,6)15-14-28(23,3)4)17-22(18)19(2)20-10-12-21(13-11-20)27-25(30)8-7-9-26(27)31;/h10-13,16-17,30H,2,7-9,14-15H2,1,3-6H3;/q;+1/p-1. The van der Waals surface area contributed by atoms with E-state index in [1.807, 2.05) is 24.3 Å². The van der Waals surface area contributed by atoms with Crippen molar-refractivity contribution in [2.45, 2.75) is 77.6 Å². The van der Waals surface area contributed by atoms with Gasteiger partial charge in [-0.15, -0.1) is 5.76 Å². The van der Waals surface area contributed by atoms with Crippen molar-refractivity contribution in [3.63, 3.8) is 0 Å². The summed E-state index contributed by atoms with van der Waals surface area (Å²) in [4.78, 5) is 12.3. The molecule has 0 aromatic heterocycles. The number of carbonyl (C=O) groups is 1. The van der Waals surface area contributed by atoms with Crippen LogP contribution in [0.3, 0.4) is 0 Å². The number of hydrogen-bond donors (Lipinski definition) is 0. The third-order valence-corrected chi connectivity index (χ3v) is 7.41. The second-order valence-electron chi connectivity index (χ2n) is 10.6. The van der Waals surface area contributed by atoms with E-state index in [1.54, 1.807) is 0 Å². The molecule has 2 aromatic carbocycles. The summed E-state index contributed by atoms with van der Waals surface area (Å²) in [5.74, 6) is -0.0589. The number of aryl methyl sites for hydroxylation is 1. The number of hydrogen-bond acceptors (Lipinski definition) is 2. The van der Waals surface area contributed by atoms with E-state index < -0.39 is 0 Å². The van der Waals surface area contributed by atoms with Crippen LogP contribution in [-0.2, 0) is 15.6 Å². The van der Waals surface area contributed by atoms with Crippen molar-refractivity contribution in [3.05, 3.63) is 82.1 Å². The summed E-state index contributed by atoms with van der Waals surface area (Å²) >= 11 is 0. The Labute approximate surface area is 235 Å². The number of rotatable bonds is 3. The SMILES string of the molecule is C=C(c1ccc(C2=C([O-])CCCC2=O)cc1)c1cc2c(cc1C)C(C)(C)CCC2(C)C.[K+]. The summed E-state index contributed by atoms with van der Waals surface area (Å²) in [5.41, 5.74) is 8.75. The minimum absolute atomic E-state index is 0. The first-order chi connectivity index (χ1) is 14.5. The van der Waals surface area contributed by atoms with Gasteiger partial charge in [0.25, 0.3) is 0 Å². The predicted molar refractivity (Wildman–Crippen MR) is 127 cm³/mol. The maximum absolute atomic E-state index is 12.3. The van der Waals surface area contributed by atoms with Gasteiger partial charge in [-0.3, -0.25) is 4.79 Å². The molecule has 0 heterocycles. The Bertz CT molecular complexity index is 1100. The Balaban J connectivity index is 0.00000289. The molecular formula is C29H33KO2. The molecule has 2 aliphatic carbocycles. The van der Waals surface area contributed by atoms with E-state index in [0.29, 0.717) is 24.8 Å². The van der Waals surface area contributed by atoms with Crippen LogP contribution in [-0.4, -0.2) is 5.78 Å². The number of benzene rings is 2. The van der Waals surface area contributed by atoms with Crippen molar-refractivity contribution >= 4 is 16.9 Å². The molecule has 0 saturated carbocycles. The van der Waals surface area contributed by atoms with E-state index >= 15 is 0 Å². The number of carbonyl (C=O) groups excluding carboxylic acids is 1. The molecule has 0 atom stereocenters. The molecule has 2 nitrogen and oxygen atoms in total. The van der Waals surface area contributed by atoms with Crippen LogP contribution in [0.25, 0.3) is 11.1 Å². The van der Waals surface area contributed by atoms with Gasteiger partial charge in [-0.1, -0.05) is 70.7 Å². The van der Waals surface area contributed by atoms with E-state index in [4.69, 9.17) is 0 Å². The molecule has 3 heteroatoms. The molecule has 0 bridgehead atoms. The first-order valence-electron chi connectivity index (χ1n) is 11.4. The normalized spacial score (nSPS) is 19.2. The van der Waals surface area contributed by atoms with E-state index in [1.165, 1.54) is 35.1 Å². The fourth-order valence-corrected chi connectivity index (χ4v) is 5.18. The van der Waals surface area contributed by atoms with Crippen molar-refractivity contribution in [2.75, 3.05) is 0 Å². The molecular weight excluding hydrogens is 419 g/mol. The molecule has 0 saturated heterocycles. The first kappa shape index (κ1) is 25.6. The van der Waals surface area contributed by atoms with E-state index in [9.17, 15) is 9.90 Å². The van der Waals surface area contributed by atoms with Gasteiger partial charge in [-0.05, 0) is 82.4 Å². The van der Waals surface area contributed by atoms with Crippen molar-refractivity contribution in [3.8, 4) is 0 Å². The van der Waals surface area contributed by atoms with Crippen LogP contribution in [0.4, 0.5) is 0 Å². The molecule has 0 N–H and O–H groups in total. The van der Waals surface area contributed by atoms with Gasteiger partial charge in [0, 0.05) is 12.0 Å². The Hall–Kier alpha value is -0.974. The number of fused-ring (bicyclic) bond motifs is 1. The van der Waals surface area contributed by atoms with Gasteiger partial charge in [0.15, 0.2) is 5.78 Å². The van der Waals surface area contributed by atoms with Gasteiger partial charge in [0.1, 0.15) is 0 Å². The van der Waals surface area contributed by atoms with Gasteiger partial charge in [0.2, 0.25) is 0 Å². The zero-order chi connectivity index (χ0) is 22.6. The zero-order valence-electron chi connectivity index (χ0n) is 20.5. The van der Waals surface area contributed by atoms with Gasteiger partial charge in [-0.25, -0.2) is 0 Å². The van der Waals surface area contributed by atoms with E-state index in [-0.39, 0.29) is 73.8 Å². The van der Waals surface area contributed by atoms with Crippen LogP contribution in [0, 0.1) is 6.92 Å². The average Bonchev–Trinajstić information content (AvgIpc) is 2.71. The van der Waals surface area contributed by atoms with Crippen molar-refractivity contribution in [1.82, 2.24) is 0 Å². The largest absolute Gasteiger partial charge is 1.00 e. The predicted octanol–water partition coefficient (Wildman–Crippen LogP) is 3.23. The Morgan fingerprint density at radius 3 is 2.06 bits per heavy atom. The molecule has 32 heavy (non-hydrogen) atoms. The summed E-state index contributed by atoms with van der Waals surface area (Å²) < 4.78 is 0. The topological polar surface area (TPSA) is 40.1 Å². The zero-order valence-corrected chi connectivity index (χ0v) is 23.6. The van der Waals surface area contributed by atoms with Gasteiger partial charge in [-0.2, -0.15) is 0 Å². The monoisotopic (exact) mass is 452 g/mol. The molecule has 0 radical (unpaired) electrons. The van der Waals surface area contributed by atoms with Crippen LogP contribution >= 0.6 is 0 Å². The average molecular weight is 453 g/mol. The molecule has 0 fully saturated rings. The van der Waals surface area contributed by atoms with Crippen molar-refractivity contribution < 1.29 is 61.3 Å². The van der Waals surface area contributed by atoms with Crippen LogP contribution in [0.1, 0.15) is 93.2 Å². The summed E-state index contributed by atoms with van der Waals surface area (Å²) in [6.45, 7) is 16.0. The number of allylic oxidation sites excluding steroid dienone is 2. The molecule has 0 spiro atoms. The van der Waals surface area contributed by atoms with E-state index in [0.717, 1.165) is 16.7 Å². The second kappa shape index (κ2) is 9.35. The van der Waals surface area contributed by atoms with E-state index in [2.05, 4.69) is 53.3 Å². The van der Waals surface area contributed by atoms with Crippen LogP contribution in [0.15, 0.2) is 48.7 Å². The summed E-state index contributed by atoms with van der Waals surface area (Å²) in [7, 11) is 0. The van der Waals surface area contributed by atoms with Gasteiger partial charge < -0.3 is 5.11 Å². The summed E-state index contributed by atoms with van der Waals surface area (Å²) in [6, 6.07) is 12.5. The molecule has 0 aliphatic heterocycles. The minimum atomic E-state index is -0.0294. The van der Waals surface area contributed by atoms with Crippen molar-refractivity contribution in [2.24, 2.45) is 0 Å². The second-order valence-corrected chi connectivity index (χ2v) is 10.6. The third kappa shape index (κ3) is 4.65. The molecule has 2 aliphatic rings.